The fourth-order valence-electron chi connectivity index (χ4n) is 6.46. The first-order valence-electron chi connectivity index (χ1n) is 22.3. The van der Waals surface area contributed by atoms with E-state index in [2.05, 4.69) is 74.6 Å². The van der Waals surface area contributed by atoms with Crippen molar-refractivity contribution in [2.45, 2.75) is 232 Å². The lowest BCUT2D eigenvalue weighted by Gasteiger charge is -2.18. The SMILES string of the molecule is CC/C=C\C/C=C\C/C=C\C/C=C\CCCCC(CCCCCCCC(=O)O)OC(=O)CCCCCCCCCCC/C=C\CCCCCCCC. The maximum absolute atomic E-state index is 12.7. The zero-order chi connectivity index (χ0) is 37.8. The van der Waals surface area contributed by atoms with Crippen LogP contribution in [0.15, 0.2) is 60.8 Å². The number of allylic oxidation sites excluding steroid dienone is 10. The van der Waals surface area contributed by atoms with Crippen LogP contribution in [0.5, 0.6) is 0 Å². The number of carboxylic acids is 1. The van der Waals surface area contributed by atoms with Gasteiger partial charge in [-0.05, 0) is 103 Å². The molecule has 0 aromatic carbocycles. The minimum absolute atomic E-state index is 0.0137. The van der Waals surface area contributed by atoms with Crippen LogP contribution in [0.25, 0.3) is 0 Å². The highest BCUT2D eigenvalue weighted by molar-refractivity contribution is 5.69. The highest BCUT2D eigenvalue weighted by atomic mass is 16.5. The van der Waals surface area contributed by atoms with E-state index in [0.29, 0.717) is 6.42 Å². The van der Waals surface area contributed by atoms with Crippen LogP contribution >= 0.6 is 0 Å². The molecule has 0 fully saturated rings. The summed E-state index contributed by atoms with van der Waals surface area (Å²) in [7, 11) is 0. The Bertz CT molecular complexity index is 911. The predicted molar refractivity (Wildman–Crippen MR) is 227 cm³/mol. The van der Waals surface area contributed by atoms with Crippen LogP contribution in [-0.4, -0.2) is 23.1 Å². The van der Waals surface area contributed by atoms with Crippen molar-refractivity contribution in [3.8, 4) is 0 Å². The molecule has 0 aliphatic carbocycles. The lowest BCUT2D eigenvalue weighted by molar-refractivity contribution is -0.150. The van der Waals surface area contributed by atoms with Crippen LogP contribution < -0.4 is 0 Å². The first-order valence-corrected chi connectivity index (χ1v) is 22.3. The van der Waals surface area contributed by atoms with Crippen LogP contribution in [0.4, 0.5) is 0 Å². The van der Waals surface area contributed by atoms with E-state index in [0.717, 1.165) is 103 Å². The van der Waals surface area contributed by atoms with Gasteiger partial charge in [0, 0.05) is 12.8 Å². The van der Waals surface area contributed by atoms with Crippen LogP contribution in [-0.2, 0) is 14.3 Å². The number of rotatable bonds is 40. The smallest absolute Gasteiger partial charge is 0.306 e. The van der Waals surface area contributed by atoms with Crippen molar-refractivity contribution in [1.82, 2.24) is 0 Å². The van der Waals surface area contributed by atoms with Gasteiger partial charge in [0.25, 0.3) is 0 Å². The van der Waals surface area contributed by atoms with Gasteiger partial charge in [-0.15, -0.1) is 0 Å². The molecule has 52 heavy (non-hydrogen) atoms. The van der Waals surface area contributed by atoms with E-state index in [-0.39, 0.29) is 18.5 Å². The van der Waals surface area contributed by atoms with Crippen LogP contribution in [0.3, 0.4) is 0 Å². The van der Waals surface area contributed by atoms with E-state index < -0.39 is 5.97 Å². The van der Waals surface area contributed by atoms with Crippen molar-refractivity contribution in [3.63, 3.8) is 0 Å². The van der Waals surface area contributed by atoms with Crippen molar-refractivity contribution in [2.24, 2.45) is 0 Å². The second-order valence-corrected chi connectivity index (χ2v) is 14.8. The zero-order valence-electron chi connectivity index (χ0n) is 34.4. The van der Waals surface area contributed by atoms with Crippen molar-refractivity contribution in [2.75, 3.05) is 0 Å². The summed E-state index contributed by atoms with van der Waals surface area (Å²) in [6.07, 6.45) is 59.6. The van der Waals surface area contributed by atoms with Gasteiger partial charge in [-0.2, -0.15) is 0 Å². The summed E-state index contributed by atoms with van der Waals surface area (Å²) in [5.74, 6) is -0.730. The number of hydrogen-bond donors (Lipinski definition) is 1. The number of hydrogen-bond acceptors (Lipinski definition) is 3. The van der Waals surface area contributed by atoms with Crippen LogP contribution in [0.1, 0.15) is 226 Å². The van der Waals surface area contributed by atoms with E-state index >= 15 is 0 Å². The molecule has 0 aliphatic rings. The van der Waals surface area contributed by atoms with Crippen molar-refractivity contribution >= 4 is 11.9 Å². The molecule has 1 atom stereocenters. The molecule has 4 nitrogen and oxygen atoms in total. The fraction of sp³-hybridized carbons (Fsp3) is 0.750. The topological polar surface area (TPSA) is 63.6 Å². The Labute approximate surface area is 323 Å². The van der Waals surface area contributed by atoms with Crippen molar-refractivity contribution in [3.05, 3.63) is 60.8 Å². The summed E-state index contributed by atoms with van der Waals surface area (Å²) in [5, 5.41) is 8.84. The number of esters is 1. The molecule has 1 unspecified atom stereocenters. The number of ether oxygens (including phenoxy) is 1. The molecule has 0 aromatic heterocycles. The predicted octanol–water partition coefficient (Wildman–Crippen LogP) is 15.7. The molecular weight excluding hydrogens is 641 g/mol. The summed E-state index contributed by atoms with van der Waals surface area (Å²) < 4.78 is 6.01. The van der Waals surface area contributed by atoms with Crippen molar-refractivity contribution in [1.29, 1.82) is 0 Å². The van der Waals surface area contributed by atoms with Gasteiger partial charge in [0.15, 0.2) is 0 Å². The first-order chi connectivity index (χ1) is 25.6. The molecule has 300 valence electrons. The second-order valence-electron chi connectivity index (χ2n) is 14.8. The minimum atomic E-state index is -0.708. The molecular formula is C48H84O4. The quantitative estimate of drug-likeness (QED) is 0.0388. The van der Waals surface area contributed by atoms with Crippen LogP contribution in [0.2, 0.25) is 0 Å². The molecule has 1 N–H and O–H groups in total. The molecule has 0 heterocycles. The van der Waals surface area contributed by atoms with Crippen molar-refractivity contribution < 1.29 is 19.4 Å². The first kappa shape index (κ1) is 49.6. The molecule has 0 spiro atoms. The Morgan fingerprint density at radius 1 is 0.442 bits per heavy atom. The highest BCUT2D eigenvalue weighted by Gasteiger charge is 2.14. The lowest BCUT2D eigenvalue weighted by Crippen LogP contribution is -2.18. The van der Waals surface area contributed by atoms with Gasteiger partial charge >= 0.3 is 11.9 Å². The Kier molecular flexibility index (Phi) is 41.1. The summed E-state index contributed by atoms with van der Waals surface area (Å²) >= 11 is 0. The molecule has 0 bridgehead atoms. The number of carbonyl (C=O) groups excluding carboxylic acids is 1. The van der Waals surface area contributed by atoms with Gasteiger partial charge in [-0.25, -0.2) is 0 Å². The lowest BCUT2D eigenvalue weighted by atomic mass is 10.0. The fourth-order valence-corrected chi connectivity index (χ4v) is 6.46. The van der Waals surface area contributed by atoms with Gasteiger partial charge in [-0.3, -0.25) is 9.59 Å². The highest BCUT2D eigenvalue weighted by Crippen LogP contribution is 2.18. The van der Waals surface area contributed by atoms with Crippen LogP contribution in [0, 0.1) is 0 Å². The molecule has 0 aliphatic heterocycles. The molecule has 0 aromatic rings. The van der Waals surface area contributed by atoms with E-state index in [1.165, 1.54) is 96.3 Å². The third kappa shape index (κ3) is 42.1. The second kappa shape index (κ2) is 43.0. The maximum Gasteiger partial charge on any atom is 0.306 e. The Morgan fingerprint density at radius 3 is 1.31 bits per heavy atom. The van der Waals surface area contributed by atoms with E-state index in [1.54, 1.807) is 0 Å². The molecule has 0 saturated carbocycles. The van der Waals surface area contributed by atoms with Gasteiger partial charge in [-0.1, -0.05) is 171 Å². The number of carbonyl (C=O) groups is 2. The van der Waals surface area contributed by atoms with E-state index in [1.807, 2.05) is 0 Å². The maximum atomic E-state index is 12.7. The zero-order valence-corrected chi connectivity index (χ0v) is 34.4. The Hall–Kier alpha value is -2.36. The molecule has 0 radical (unpaired) electrons. The Morgan fingerprint density at radius 2 is 0.808 bits per heavy atom. The third-order valence-electron chi connectivity index (χ3n) is 9.72. The van der Waals surface area contributed by atoms with Gasteiger partial charge in [0.05, 0.1) is 0 Å². The molecule has 4 heteroatoms. The van der Waals surface area contributed by atoms with Gasteiger partial charge in [0.2, 0.25) is 0 Å². The molecule has 0 saturated heterocycles. The summed E-state index contributed by atoms with van der Waals surface area (Å²) in [6, 6.07) is 0. The van der Waals surface area contributed by atoms with E-state index in [4.69, 9.17) is 9.84 Å². The summed E-state index contributed by atoms with van der Waals surface area (Å²) in [6.45, 7) is 4.44. The Balaban J connectivity index is 4.07. The monoisotopic (exact) mass is 725 g/mol. The average molecular weight is 725 g/mol. The number of aliphatic carboxylic acids is 1. The largest absolute Gasteiger partial charge is 0.481 e. The summed E-state index contributed by atoms with van der Waals surface area (Å²) in [5.41, 5.74) is 0. The standard InChI is InChI=1S/C48H84O4/c1-3-5-7-9-11-13-15-17-19-20-21-22-24-26-28-30-32-37-41-45-48(51)52-46(43-39-35-33-36-40-44-47(49)50)42-38-34-31-29-27-25-23-18-16-14-12-10-8-6-4-2/h6,8,12,14,17-19,23,27,29,46H,3-5,7,9-11,13,15-16,20-22,24-26,28,30-45H2,1-2H3,(H,49,50)/b8-6-,14-12-,19-17-,23-18-,29-27-. The third-order valence-corrected chi connectivity index (χ3v) is 9.72. The average Bonchev–Trinajstić information content (AvgIpc) is 3.13. The van der Waals surface area contributed by atoms with E-state index in [9.17, 15) is 9.59 Å². The van der Waals surface area contributed by atoms with Gasteiger partial charge < -0.3 is 9.84 Å². The minimum Gasteiger partial charge on any atom is -0.481 e. The van der Waals surface area contributed by atoms with Gasteiger partial charge in [0.1, 0.15) is 6.10 Å². The number of carboxylic acid groups (broad SMARTS) is 1. The molecule has 0 rings (SSSR count). The number of unbranched alkanes of at least 4 members (excludes halogenated alkanes) is 21. The molecule has 0 amide bonds. The normalized spacial score (nSPS) is 12.8. The summed E-state index contributed by atoms with van der Waals surface area (Å²) in [4.78, 5) is 23.5.